The van der Waals surface area contributed by atoms with Gasteiger partial charge in [0.05, 0.1) is 11.6 Å². The first-order chi connectivity index (χ1) is 9.78. The van der Waals surface area contributed by atoms with Crippen LogP contribution in [0.15, 0.2) is 36.4 Å². The number of rotatable bonds is 2. The lowest BCUT2D eigenvalue weighted by atomic mass is 10.0. The molecular weight excluding hydrogens is 248 g/mol. The Hall–Kier alpha value is -2.05. The first kappa shape index (κ1) is 13.0. The minimum Gasteiger partial charge on any atom is -0.490 e. The fourth-order valence-electron chi connectivity index (χ4n) is 2.75. The highest BCUT2D eigenvalue weighted by molar-refractivity contribution is 5.92. The van der Waals surface area contributed by atoms with E-state index in [2.05, 4.69) is 18.0 Å². The Morgan fingerprint density at radius 3 is 2.50 bits per heavy atom. The van der Waals surface area contributed by atoms with E-state index in [1.165, 1.54) is 0 Å². The molecule has 0 saturated carbocycles. The molecule has 0 unspecified atom stereocenters. The fraction of sp³-hybridized carbons (Fsp3) is 0.353. The maximum absolute atomic E-state index is 9.18. The molecule has 0 radical (unpaired) electrons. The molecule has 0 aliphatic carbocycles. The zero-order chi connectivity index (χ0) is 13.9. The Kier molecular flexibility index (Phi) is 3.58. The lowest BCUT2D eigenvalue weighted by Crippen LogP contribution is -2.35. The topological polar surface area (TPSA) is 36.3 Å². The van der Waals surface area contributed by atoms with Gasteiger partial charge in [-0.2, -0.15) is 5.26 Å². The lowest BCUT2D eigenvalue weighted by Gasteiger charge is -2.29. The largest absolute Gasteiger partial charge is 0.490 e. The van der Waals surface area contributed by atoms with Crippen molar-refractivity contribution in [3.63, 3.8) is 0 Å². The summed E-state index contributed by atoms with van der Waals surface area (Å²) in [7, 11) is 2.15. The molecule has 0 bridgehead atoms. The van der Waals surface area contributed by atoms with E-state index >= 15 is 0 Å². The Morgan fingerprint density at radius 2 is 1.80 bits per heavy atom. The average Bonchev–Trinajstić information content (AvgIpc) is 2.50. The summed E-state index contributed by atoms with van der Waals surface area (Å²) in [6.07, 6.45) is 2.40. The van der Waals surface area contributed by atoms with Crippen molar-refractivity contribution < 1.29 is 4.74 Å². The predicted molar refractivity (Wildman–Crippen MR) is 79.8 cm³/mol. The smallest absolute Gasteiger partial charge is 0.127 e. The normalized spacial score (nSPS) is 17.0. The van der Waals surface area contributed by atoms with Crippen LogP contribution < -0.4 is 4.74 Å². The lowest BCUT2D eigenvalue weighted by molar-refractivity contribution is 0.116. The third kappa shape index (κ3) is 2.48. The third-order valence-electron chi connectivity index (χ3n) is 3.96. The van der Waals surface area contributed by atoms with Gasteiger partial charge in [-0.25, -0.2) is 0 Å². The molecule has 0 spiro atoms. The fourth-order valence-corrected chi connectivity index (χ4v) is 2.75. The number of nitrogens with zero attached hydrogens (tertiary/aromatic N) is 2. The van der Waals surface area contributed by atoms with Crippen LogP contribution in [-0.2, 0) is 0 Å². The molecule has 3 heteroatoms. The molecule has 2 aromatic carbocycles. The van der Waals surface area contributed by atoms with E-state index in [9.17, 15) is 5.26 Å². The standard InChI is InChI=1S/C17H18N2O/c1-19-10-8-14(9-11-19)20-17-7-6-13(12-18)15-4-2-3-5-16(15)17/h2-7,14H,8-11H2,1H3. The van der Waals surface area contributed by atoms with Crippen LogP contribution in [0.2, 0.25) is 0 Å². The van der Waals surface area contributed by atoms with Gasteiger partial charge >= 0.3 is 0 Å². The van der Waals surface area contributed by atoms with Gasteiger partial charge in [0.15, 0.2) is 0 Å². The van der Waals surface area contributed by atoms with E-state index in [-0.39, 0.29) is 6.10 Å². The van der Waals surface area contributed by atoms with Gasteiger partial charge in [0.2, 0.25) is 0 Å². The van der Waals surface area contributed by atoms with Gasteiger partial charge in [-0.05, 0) is 32.0 Å². The molecule has 0 aromatic heterocycles. The second-order valence-corrected chi connectivity index (χ2v) is 5.39. The maximum Gasteiger partial charge on any atom is 0.127 e. The molecule has 102 valence electrons. The first-order valence-electron chi connectivity index (χ1n) is 7.05. The van der Waals surface area contributed by atoms with Crippen molar-refractivity contribution in [3.05, 3.63) is 42.0 Å². The van der Waals surface area contributed by atoms with Crippen molar-refractivity contribution in [1.82, 2.24) is 4.90 Å². The van der Waals surface area contributed by atoms with Crippen molar-refractivity contribution >= 4 is 10.8 Å². The Balaban J connectivity index is 1.91. The summed E-state index contributed by atoms with van der Waals surface area (Å²) in [5.41, 5.74) is 0.705. The summed E-state index contributed by atoms with van der Waals surface area (Å²) in [5.74, 6) is 0.897. The van der Waals surface area contributed by atoms with E-state index < -0.39 is 0 Å². The number of piperidine rings is 1. The van der Waals surface area contributed by atoms with Gasteiger partial charge in [0.25, 0.3) is 0 Å². The summed E-state index contributed by atoms with van der Waals surface area (Å²) >= 11 is 0. The molecule has 1 heterocycles. The molecule has 2 aromatic rings. The van der Waals surface area contributed by atoms with Crippen molar-refractivity contribution in [1.29, 1.82) is 5.26 Å². The highest BCUT2D eigenvalue weighted by Gasteiger charge is 2.19. The third-order valence-corrected chi connectivity index (χ3v) is 3.96. The molecule has 1 saturated heterocycles. The molecule has 1 aliphatic rings. The number of hydrogen-bond donors (Lipinski definition) is 0. The van der Waals surface area contributed by atoms with Crippen LogP contribution in [0.4, 0.5) is 0 Å². The van der Waals surface area contributed by atoms with E-state index in [1.54, 1.807) is 0 Å². The molecule has 3 rings (SSSR count). The van der Waals surface area contributed by atoms with Crippen molar-refractivity contribution in [2.75, 3.05) is 20.1 Å². The van der Waals surface area contributed by atoms with E-state index in [0.29, 0.717) is 5.56 Å². The minimum absolute atomic E-state index is 0.280. The highest BCUT2D eigenvalue weighted by atomic mass is 16.5. The number of nitriles is 1. The number of likely N-dealkylation sites (tertiary alicyclic amines) is 1. The van der Waals surface area contributed by atoms with E-state index in [4.69, 9.17) is 4.74 Å². The SMILES string of the molecule is CN1CCC(Oc2ccc(C#N)c3ccccc23)CC1. The van der Waals surface area contributed by atoms with Crippen LogP contribution >= 0.6 is 0 Å². The second-order valence-electron chi connectivity index (χ2n) is 5.39. The molecule has 0 N–H and O–H groups in total. The summed E-state index contributed by atoms with van der Waals surface area (Å²) in [6.45, 7) is 2.16. The zero-order valence-electron chi connectivity index (χ0n) is 11.7. The van der Waals surface area contributed by atoms with E-state index in [1.807, 2.05) is 36.4 Å². The first-order valence-corrected chi connectivity index (χ1v) is 7.05. The number of hydrogen-bond acceptors (Lipinski definition) is 3. The minimum atomic E-state index is 0.280. The Bertz CT molecular complexity index is 652. The molecule has 0 atom stereocenters. The van der Waals surface area contributed by atoms with Crippen LogP contribution in [0, 0.1) is 11.3 Å². The van der Waals surface area contributed by atoms with Crippen molar-refractivity contribution in [2.45, 2.75) is 18.9 Å². The van der Waals surface area contributed by atoms with Crippen LogP contribution in [0.1, 0.15) is 18.4 Å². The van der Waals surface area contributed by atoms with Gasteiger partial charge in [-0.15, -0.1) is 0 Å². The van der Waals surface area contributed by atoms with Crippen LogP contribution in [0.25, 0.3) is 10.8 Å². The second kappa shape index (κ2) is 5.52. The van der Waals surface area contributed by atoms with Crippen LogP contribution in [0.5, 0.6) is 5.75 Å². The Morgan fingerprint density at radius 1 is 1.10 bits per heavy atom. The summed E-state index contributed by atoms with van der Waals surface area (Å²) in [5, 5.41) is 11.2. The molecule has 1 fully saturated rings. The maximum atomic E-state index is 9.18. The van der Waals surface area contributed by atoms with Crippen molar-refractivity contribution in [2.24, 2.45) is 0 Å². The van der Waals surface area contributed by atoms with Crippen molar-refractivity contribution in [3.8, 4) is 11.8 Å². The van der Waals surface area contributed by atoms with Crippen LogP contribution in [0.3, 0.4) is 0 Å². The van der Waals surface area contributed by atoms with Crippen LogP contribution in [-0.4, -0.2) is 31.1 Å². The predicted octanol–water partition coefficient (Wildman–Crippen LogP) is 3.18. The zero-order valence-corrected chi connectivity index (χ0v) is 11.7. The summed E-state index contributed by atoms with van der Waals surface area (Å²) in [6, 6.07) is 14.0. The van der Waals surface area contributed by atoms with Gasteiger partial charge in [-0.3, -0.25) is 0 Å². The number of fused-ring (bicyclic) bond motifs is 1. The monoisotopic (exact) mass is 266 g/mol. The highest BCUT2D eigenvalue weighted by Crippen LogP contribution is 2.30. The molecule has 20 heavy (non-hydrogen) atoms. The molecule has 3 nitrogen and oxygen atoms in total. The average molecular weight is 266 g/mol. The molecular formula is C17H18N2O. The molecule has 0 amide bonds. The summed E-state index contributed by atoms with van der Waals surface area (Å²) < 4.78 is 6.18. The number of ether oxygens (including phenoxy) is 1. The van der Waals surface area contributed by atoms with E-state index in [0.717, 1.165) is 42.5 Å². The van der Waals surface area contributed by atoms with Gasteiger partial charge in [0, 0.05) is 23.9 Å². The van der Waals surface area contributed by atoms with Gasteiger partial charge < -0.3 is 9.64 Å². The Labute approximate surface area is 119 Å². The quantitative estimate of drug-likeness (QED) is 0.837. The summed E-state index contributed by atoms with van der Waals surface area (Å²) in [4.78, 5) is 2.33. The van der Waals surface area contributed by atoms with Gasteiger partial charge in [-0.1, -0.05) is 24.3 Å². The van der Waals surface area contributed by atoms with Gasteiger partial charge in [0.1, 0.15) is 11.9 Å². The number of benzene rings is 2. The molecule has 1 aliphatic heterocycles.